The molecular weight excluding hydrogens is 288 g/mol. The summed E-state index contributed by atoms with van der Waals surface area (Å²) in [6.45, 7) is 6.69. The molecule has 6 nitrogen and oxygen atoms in total. The minimum atomic E-state index is -0.0124. The van der Waals surface area contributed by atoms with E-state index in [1.165, 1.54) is 0 Å². The van der Waals surface area contributed by atoms with Gasteiger partial charge >= 0.3 is 0 Å². The minimum absolute atomic E-state index is 0.0124. The Morgan fingerprint density at radius 1 is 1.13 bits per heavy atom. The zero-order chi connectivity index (χ0) is 16.3. The van der Waals surface area contributed by atoms with Crippen molar-refractivity contribution in [2.75, 3.05) is 5.32 Å². The molecule has 0 fully saturated rings. The van der Waals surface area contributed by atoms with Crippen LogP contribution in [0, 0.1) is 5.41 Å². The molecule has 0 saturated heterocycles. The van der Waals surface area contributed by atoms with Crippen LogP contribution < -0.4 is 5.32 Å². The fourth-order valence-corrected chi connectivity index (χ4v) is 2.49. The van der Waals surface area contributed by atoms with Crippen molar-refractivity contribution < 1.29 is 0 Å². The Morgan fingerprint density at radius 2 is 1.96 bits per heavy atom. The predicted molar refractivity (Wildman–Crippen MR) is 91.0 cm³/mol. The van der Waals surface area contributed by atoms with E-state index in [-0.39, 0.29) is 11.5 Å². The Bertz CT molecular complexity index is 760. The second kappa shape index (κ2) is 6.32. The molecule has 0 amide bonds. The van der Waals surface area contributed by atoms with E-state index in [0.29, 0.717) is 5.82 Å². The number of rotatable bonds is 5. The molecule has 2 heterocycles. The lowest BCUT2D eigenvalue weighted by molar-refractivity contribution is 0.352. The highest BCUT2D eigenvalue weighted by atomic mass is 15.5. The molecule has 0 aliphatic carbocycles. The highest BCUT2D eigenvalue weighted by Crippen LogP contribution is 2.28. The zero-order valence-electron chi connectivity index (χ0n) is 13.7. The van der Waals surface area contributed by atoms with Gasteiger partial charge < -0.3 is 5.32 Å². The monoisotopic (exact) mass is 310 g/mol. The SMILES string of the molecule is CC(C)(C)CCC(Nc1ccc2ccccc2n1)c1nn[nH]n1. The molecule has 0 aliphatic heterocycles. The molecule has 23 heavy (non-hydrogen) atoms. The maximum Gasteiger partial charge on any atom is 0.196 e. The summed E-state index contributed by atoms with van der Waals surface area (Å²) in [4.78, 5) is 4.67. The Labute approximate surface area is 135 Å². The Balaban J connectivity index is 1.81. The maximum atomic E-state index is 4.67. The summed E-state index contributed by atoms with van der Waals surface area (Å²) in [5.74, 6) is 1.50. The second-order valence-corrected chi connectivity index (χ2v) is 6.96. The zero-order valence-corrected chi connectivity index (χ0v) is 13.7. The van der Waals surface area contributed by atoms with Crippen molar-refractivity contribution in [3.8, 4) is 0 Å². The quantitative estimate of drug-likeness (QED) is 0.750. The number of nitrogens with zero attached hydrogens (tertiary/aromatic N) is 4. The second-order valence-electron chi connectivity index (χ2n) is 6.96. The predicted octanol–water partition coefficient (Wildman–Crippen LogP) is 3.73. The number of pyridine rings is 1. The summed E-state index contributed by atoms with van der Waals surface area (Å²) in [6, 6.07) is 12.1. The van der Waals surface area contributed by atoms with Crippen molar-refractivity contribution in [2.24, 2.45) is 5.41 Å². The molecule has 3 aromatic rings. The van der Waals surface area contributed by atoms with Gasteiger partial charge in [0.2, 0.25) is 0 Å². The Hall–Kier alpha value is -2.50. The minimum Gasteiger partial charge on any atom is -0.360 e. The van der Waals surface area contributed by atoms with E-state index in [0.717, 1.165) is 29.6 Å². The first-order valence-electron chi connectivity index (χ1n) is 7.87. The highest BCUT2D eigenvalue weighted by molar-refractivity contribution is 5.80. The van der Waals surface area contributed by atoms with Crippen molar-refractivity contribution in [1.82, 2.24) is 25.6 Å². The van der Waals surface area contributed by atoms with Gasteiger partial charge in [-0.1, -0.05) is 44.2 Å². The van der Waals surface area contributed by atoms with E-state index in [9.17, 15) is 0 Å². The molecule has 0 saturated carbocycles. The third-order valence-electron chi connectivity index (χ3n) is 3.78. The van der Waals surface area contributed by atoms with Crippen LogP contribution in [0.25, 0.3) is 10.9 Å². The summed E-state index contributed by atoms with van der Waals surface area (Å²) < 4.78 is 0. The largest absolute Gasteiger partial charge is 0.360 e. The number of fused-ring (bicyclic) bond motifs is 1. The van der Waals surface area contributed by atoms with Gasteiger partial charge in [-0.05, 0) is 36.5 Å². The number of anilines is 1. The number of hydrogen-bond donors (Lipinski definition) is 2. The first-order valence-corrected chi connectivity index (χ1v) is 7.87. The lowest BCUT2D eigenvalue weighted by Gasteiger charge is -2.22. The van der Waals surface area contributed by atoms with Crippen molar-refractivity contribution in [3.05, 3.63) is 42.2 Å². The molecule has 0 spiro atoms. The van der Waals surface area contributed by atoms with Crippen LogP contribution in [0.1, 0.15) is 45.5 Å². The normalized spacial score (nSPS) is 13.2. The molecule has 1 unspecified atom stereocenters. The third-order valence-corrected chi connectivity index (χ3v) is 3.78. The Morgan fingerprint density at radius 3 is 2.70 bits per heavy atom. The summed E-state index contributed by atoms with van der Waals surface area (Å²) in [6.07, 6.45) is 1.96. The van der Waals surface area contributed by atoms with Crippen LogP contribution in [0.2, 0.25) is 0 Å². The summed E-state index contributed by atoms with van der Waals surface area (Å²) >= 11 is 0. The Kier molecular flexibility index (Phi) is 4.23. The van der Waals surface area contributed by atoms with E-state index in [4.69, 9.17) is 0 Å². The van der Waals surface area contributed by atoms with Crippen molar-refractivity contribution in [1.29, 1.82) is 0 Å². The average molecular weight is 310 g/mol. The molecule has 1 atom stereocenters. The molecule has 2 N–H and O–H groups in total. The van der Waals surface area contributed by atoms with Gasteiger partial charge in [0.15, 0.2) is 5.82 Å². The van der Waals surface area contributed by atoms with Gasteiger partial charge in [0.1, 0.15) is 5.82 Å². The van der Waals surface area contributed by atoms with Crippen LogP contribution in [0.5, 0.6) is 0 Å². The molecule has 120 valence electrons. The average Bonchev–Trinajstić information content (AvgIpc) is 3.04. The number of para-hydroxylation sites is 1. The lowest BCUT2D eigenvalue weighted by Crippen LogP contribution is -2.17. The molecular formula is C17H22N6. The highest BCUT2D eigenvalue weighted by Gasteiger charge is 2.20. The molecule has 0 radical (unpaired) electrons. The van der Waals surface area contributed by atoms with Gasteiger partial charge in [-0.15, -0.1) is 10.2 Å². The van der Waals surface area contributed by atoms with Crippen LogP contribution in [0.4, 0.5) is 5.82 Å². The number of H-pyrrole nitrogens is 1. The van der Waals surface area contributed by atoms with E-state index >= 15 is 0 Å². The number of tetrazole rings is 1. The maximum absolute atomic E-state index is 4.67. The van der Waals surface area contributed by atoms with Gasteiger partial charge in [0.25, 0.3) is 0 Å². The standard InChI is InChI=1S/C17H22N6/c1-17(2,3)11-10-14(16-20-22-23-21-16)19-15-9-8-12-6-4-5-7-13(12)18-15/h4-9,14H,10-11H2,1-3H3,(H,18,19)(H,20,21,22,23). The van der Waals surface area contributed by atoms with Gasteiger partial charge in [-0.2, -0.15) is 5.21 Å². The molecule has 0 bridgehead atoms. The van der Waals surface area contributed by atoms with Crippen LogP contribution >= 0.6 is 0 Å². The van der Waals surface area contributed by atoms with Gasteiger partial charge in [0.05, 0.1) is 11.6 Å². The summed E-state index contributed by atoms with van der Waals surface area (Å²) in [7, 11) is 0. The number of nitrogens with one attached hydrogen (secondary N) is 2. The third kappa shape index (κ3) is 4.03. The van der Waals surface area contributed by atoms with E-state index in [1.54, 1.807) is 0 Å². The van der Waals surface area contributed by atoms with Gasteiger partial charge in [-0.3, -0.25) is 0 Å². The summed E-state index contributed by atoms with van der Waals surface area (Å²) in [5, 5.41) is 19.1. The van der Waals surface area contributed by atoms with Crippen molar-refractivity contribution >= 4 is 16.7 Å². The van der Waals surface area contributed by atoms with Crippen LogP contribution in [0.3, 0.4) is 0 Å². The molecule has 0 aliphatic rings. The van der Waals surface area contributed by atoms with E-state index in [2.05, 4.69) is 63.8 Å². The van der Waals surface area contributed by atoms with Crippen LogP contribution in [-0.4, -0.2) is 25.6 Å². The number of hydrogen-bond acceptors (Lipinski definition) is 5. The van der Waals surface area contributed by atoms with Gasteiger partial charge in [-0.25, -0.2) is 4.98 Å². The van der Waals surface area contributed by atoms with E-state index in [1.807, 2.05) is 24.3 Å². The smallest absolute Gasteiger partial charge is 0.196 e. The van der Waals surface area contributed by atoms with Crippen molar-refractivity contribution in [3.63, 3.8) is 0 Å². The van der Waals surface area contributed by atoms with Crippen LogP contribution in [-0.2, 0) is 0 Å². The van der Waals surface area contributed by atoms with Crippen molar-refractivity contribution in [2.45, 2.75) is 39.7 Å². The fourth-order valence-electron chi connectivity index (χ4n) is 2.49. The fraction of sp³-hybridized carbons (Fsp3) is 0.412. The summed E-state index contributed by atoms with van der Waals surface area (Å²) in [5.41, 5.74) is 1.22. The first-order chi connectivity index (χ1) is 11.0. The molecule has 2 aromatic heterocycles. The number of aromatic amines is 1. The van der Waals surface area contributed by atoms with E-state index < -0.39 is 0 Å². The lowest BCUT2D eigenvalue weighted by atomic mass is 9.88. The number of aromatic nitrogens is 5. The number of benzene rings is 1. The van der Waals surface area contributed by atoms with Crippen LogP contribution in [0.15, 0.2) is 36.4 Å². The molecule has 6 heteroatoms. The first kappa shape index (κ1) is 15.4. The van der Waals surface area contributed by atoms with Gasteiger partial charge in [0, 0.05) is 5.39 Å². The molecule has 1 aromatic carbocycles. The topological polar surface area (TPSA) is 79.4 Å². The molecule has 3 rings (SSSR count).